The minimum atomic E-state index is -1.18. The first-order chi connectivity index (χ1) is 9.40. The fraction of sp³-hybridized carbons (Fsp3) is 0.0909. The van der Waals surface area contributed by atoms with Gasteiger partial charge in [-0.15, -0.1) is 0 Å². The summed E-state index contributed by atoms with van der Waals surface area (Å²) < 4.78 is 0. The first-order valence-corrected chi connectivity index (χ1v) is 5.45. The normalized spacial score (nSPS) is 10.2. The molecule has 0 saturated heterocycles. The quantitative estimate of drug-likeness (QED) is 0.495. The number of anilines is 1. The second-order valence-corrected chi connectivity index (χ2v) is 3.99. The average molecular weight is 278 g/mol. The van der Waals surface area contributed by atoms with Crippen LogP contribution in [-0.2, 0) is 0 Å². The number of rotatable bonds is 4. The molecule has 0 aliphatic rings. The van der Waals surface area contributed by atoms with Crippen molar-refractivity contribution in [2.24, 2.45) is 0 Å². The number of nitro groups is 1. The molecule has 9 heteroatoms. The van der Waals surface area contributed by atoms with Crippen molar-refractivity contribution in [2.45, 2.75) is 6.92 Å². The van der Waals surface area contributed by atoms with Crippen molar-refractivity contribution in [2.75, 3.05) is 5.32 Å². The van der Waals surface area contributed by atoms with Crippen LogP contribution in [0.2, 0.25) is 0 Å². The van der Waals surface area contributed by atoms with E-state index in [0.29, 0.717) is 5.69 Å². The summed E-state index contributed by atoms with van der Waals surface area (Å²) in [6.45, 7) is 1.55. The monoisotopic (exact) mass is 278 g/mol. The predicted molar refractivity (Wildman–Crippen MR) is 67.9 cm³/mol. The molecule has 0 atom stereocenters. The van der Waals surface area contributed by atoms with Crippen LogP contribution >= 0.6 is 0 Å². The van der Waals surface area contributed by atoms with Gasteiger partial charge in [0.05, 0.1) is 16.8 Å². The maximum absolute atomic E-state index is 11.9. The van der Waals surface area contributed by atoms with Gasteiger partial charge in [-0.3, -0.25) is 14.9 Å². The summed E-state index contributed by atoms with van der Waals surface area (Å²) in [7, 11) is 0. The smallest absolute Gasteiger partial charge is 0.339 e. The van der Waals surface area contributed by atoms with Crippen molar-refractivity contribution in [3.05, 3.63) is 45.5 Å². The lowest BCUT2D eigenvalue weighted by Gasteiger charge is -2.02. The Morgan fingerprint density at radius 3 is 2.60 bits per heavy atom. The van der Waals surface area contributed by atoms with E-state index in [0.717, 1.165) is 12.3 Å². The lowest BCUT2D eigenvalue weighted by molar-refractivity contribution is -0.384. The fourth-order valence-corrected chi connectivity index (χ4v) is 1.71. The fourth-order valence-electron chi connectivity index (χ4n) is 1.71. The van der Waals surface area contributed by atoms with E-state index in [1.165, 1.54) is 6.20 Å². The van der Waals surface area contributed by atoms with Crippen molar-refractivity contribution in [1.29, 1.82) is 0 Å². The number of nitrogens with one attached hydrogen (secondary N) is 3. The van der Waals surface area contributed by atoms with E-state index in [2.05, 4.69) is 15.3 Å². The van der Waals surface area contributed by atoms with Crippen molar-refractivity contribution >= 4 is 23.3 Å². The number of aromatic carboxylic acids is 1. The van der Waals surface area contributed by atoms with E-state index in [1.54, 1.807) is 6.92 Å². The van der Waals surface area contributed by atoms with Gasteiger partial charge in [-0.2, -0.15) is 0 Å². The molecule has 0 aromatic carbocycles. The van der Waals surface area contributed by atoms with Crippen LogP contribution in [0.5, 0.6) is 0 Å². The minimum Gasteiger partial charge on any atom is -0.478 e. The number of H-pyrrole nitrogens is 2. The summed E-state index contributed by atoms with van der Waals surface area (Å²) in [5.41, 5.74) is 0.146. The van der Waals surface area contributed by atoms with Gasteiger partial charge >= 0.3 is 5.97 Å². The number of carbonyl (C=O) groups excluding carboxylic acids is 1. The number of hydrogen-bond donors (Lipinski definition) is 4. The van der Waals surface area contributed by atoms with Crippen LogP contribution in [-0.4, -0.2) is 31.9 Å². The predicted octanol–water partition coefficient (Wildman–Crippen LogP) is 1.51. The first kappa shape index (κ1) is 13.3. The molecule has 0 bridgehead atoms. The summed E-state index contributed by atoms with van der Waals surface area (Å²) in [5, 5.41) is 21.9. The molecule has 0 unspecified atom stereocenters. The first-order valence-electron chi connectivity index (χ1n) is 5.45. The third-order valence-corrected chi connectivity index (χ3v) is 2.66. The maximum atomic E-state index is 11.9. The minimum absolute atomic E-state index is 0.0353. The molecule has 0 aliphatic heterocycles. The SMILES string of the molecule is Cc1[nH]cc(NC(=O)c2cc([N+](=O)[O-])c[nH]2)c1C(=O)O. The average Bonchev–Trinajstić information content (AvgIpc) is 2.96. The zero-order valence-corrected chi connectivity index (χ0v) is 10.3. The molecule has 2 heterocycles. The molecular formula is C11H10N4O5. The van der Waals surface area contributed by atoms with E-state index >= 15 is 0 Å². The Labute approximate surface area is 111 Å². The molecule has 2 aromatic rings. The zero-order valence-electron chi connectivity index (χ0n) is 10.3. The van der Waals surface area contributed by atoms with Gasteiger partial charge in [-0.05, 0) is 6.92 Å². The van der Waals surface area contributed by atoms with E-state index in [-0.39, 0.29) is 22.6 Å². The van der Waals surface area contributed by atoms with Crippen molar-refractivity contribution in [3.63, 3.8) is 0 Å². The molecule has 20 heavy (non-hydrogen) atoms. The van der Waals surface area contributed by atoms with Crippen LogP contribution in [0.1, 0.15) is 26.5 Å². The van der Waals surface area contributed by atoms with Crippen LogP contribution in [0.4, 0.5) is 11.4 Å². The summed E-state index contributed by atoms with van der Waals surface area (Å²) in [6.07, 6.45) is 2.42. The molecular weight excluding hydrogens is 268 g/mol. The summed E-state index contributed by atoms with van der Waals surface area (Å²) >= 11 is 0. The largest absolute Gasteiger partial charge is 0.478 e. The molecule has 104 valence electrons. The lowest BCUT2D eigenvalue weighted by Crippen LogP contribution is -2.14. The van der Waals surface area contributed by atoms with E-state index in [9.17, 15) is 19.7 Å². The highest BCUT2D eigenvalue weighted by atomic mass is 16.6. The topological polar surface area (TPSA) is 141 Å². The Balaban J connectivity index is 2.23. The second kappa shape index (κ2) is 4.88. The number of aryl methyl sites for hydroxylation is 1. The standard InChI is InChI=1S/C11H10N4O5/c1-5-9(11(17)18)8(4-12-5)14-10(16)7-2-6(3-13-7)15(19)20/h2-4,12-13H,1H3,(H,14,16)(H,17,18). The second-order valence-electron chi connectivity index (χ2n) is 3.99. The highest BCUT2D eigenvalue weighted by molar-refractivity contribution is 6.07. The van der Waals surface area contributed by atoms with Gasteiger partial charge in [0.1, 0.15) is 11.3 Å². The summed E-state index contributed by atoms with van der Waals surface area (Å²) in [6, 6.07) is 1.06. The van der Waals surface area contributed by atoms with Gasteiger partial charge in [-0.1, -0.05) is 0 Å². The van der Waals surface area contributed by atoms with E-state index < -0.39 is 16.8 Å². The molecule has 4 N–H and O–H groups in total. The Morgan fingerprint density at radius 1 is 1.35 bits per heavy atom. The van der Waals surface area contributed by atoms with Crippen molar-refractivity contribution in [3.8, 4) is 0 Å². The van der Waals surface area contributed by atoms with Crippen molar-refractivity contribution < 1.29 is 19.6 Å². The Bertz CT molecular complexity index is 699. The highest BCUT2D eigenvalue weighted by Gasteiger charge is 2.19. The lowest BCUT2D eigenvalue weighted by atomic mass is 10.2. The van der Waals surface area contributed by atoms with Gasteiger partial charge in [0, 0.05) is 18.0 Å². The molecule has 0 aliphatic carbocycles. The van der Waals surface area contributed by atoms with Crippen LogP contribution in [0.3, 0.4) is 0 Å². The van der Waals surface area contributed by atoms with Crippen LogP contribution in [0.25, 0.3) is 0 Å². The summed E-state index contributed by atoms with van der Waals surface area (Å²) in [4.78, 5) is 37.9. The molecule has 2 aromatic heterocycles. The molecule has 2 rings (SSSR count). The Kier molecular flexibility index (Phi) is 3.25. The van der Waals surface area contributed by atoms with Crippen LogP contribution in [0.15, 0.2) is 18.5 Å². The molecule has 9 nitrogen and oxygen atoms in total. The van der Waals surface area contributed by atoms with Gasteiger partial charge < -0.3 is 20.4 Å². The molecule has 0 fully saturated rings. The van der Waals surface area contributed by atoms with Crippen molar-refractivity contribution in [1.82, 2.24) is 9.97 Å². The van der Waals surface area contributed by atoms with Gasteiger partial charge in [0.15, 0.2) is 0 Å². The molecule has 1 amide bonds. The zero-order chi connectivity index (χ0) is 14.9. The Hall–Kier alpha value is -3.10. The Morgan fingerprint density at radius 2 is 2.05 bits per heavy atom. The van der Waals surface area contributed by atoms with Gasteiger partial charge in [-0.25, -0.2) is 4.79 Å². The van der Waals surface area contributed by atoms with Crippen LogP contribution < -0.4 is 5.32 Å². The number of carboxylic acid groups (broad SMARTS) is 1. The number of amides is 1. The molecule has 0 saturated carbocycles. The number of nitrogens with zero attached hydrogens (tertiary/aromatic N) is 1. The van der Waals surface area contributed by atoms with E-state index in [4.69, 9.17) is 5.11 Å². The number of aromatic nitrogens is 2. The van der Waals surface area contributed by atoms with Crippen LogP contribution in [0, 0.1) is 17.0 Å². The number of aromatic amines is 2. The number of hydrogen-bond acceptors (Lipinski definition) is 4. The third kappa shape index (κ3) is 2.36. The number of carbonyl (C=O) groups is 2. The van der Waals surface area contributed by atoms with E-state index in [1.807, 2.05) is 0 Å². The van der Waals surface area contributed by atoms with Gasteiger partial charge in [0.25, 0.3) is 11.6 Å². The molecule has 0 radical (unpaired) electrons. The molecule has 0 spiro atoms. The highest BCUT2D eigenvalue weighted by Crippen LogP contribution is 2.20. The van der Waals surface area contributed by atoms with Gasteiger partial charge in [0.2, 0.25) is 0 Å². The third-order valence-electron chi connectivity index (χ3n) is 2.66. The number of carboxylic acids is 1. The summed E-state index contributed by atoms with van der Waals surface area (Å²) in [5.74, 6) is -1.85. The maximum Gasteiger partial charge on any atom is 0.339 e.